The van der Waals surface area contributed by atoms with Crippen molar-refractivity contribution in [3.05, 3.63) is 33.9 Å². The van der Waals surface area contributed by atoms with Crippen molar-refractivity contribution in [2.75, 3.05) is 12.4 Å². The molecule has 1 aromatic carbocycles. The predicted octanol–water partition coefficient (Wildman–Crippen LogP) is 1.46. The van der Waals surface area contributed by atoms with E-state index in [0.29, 0.717) is 17.7 Å². The number of carbonyl (C=O) groups excluding carboxylic acids is 2. The van der Waals surface area contributed by atoms with Gasteiger partial charge in [0.25, 0.3) is 11.6 Å². The molecule has 7 nitrogen and oxygen atoms in total. The highest BCUT2D eigenvalue weighted by Crippen LogP contribution is 2.29. The number of nitrogens with zero attached hydrogens (tertiary/aromatic N) is 2. The lowest BCUT2D eigenvalue weighted by atomic mass is 10.0. The van der Waals surface area contributed by atoms with Gasteiger partial charge in [-0.3, -0.25) is 24.6 Å². The molecule has 1 aliphatic rings. The number of hydrogen-bond donors (Lipinski definition) is 1. The highest BCUT2D eigenvalue weighted by atomic mass is 16.6. The first-order valence-electron chi connectivity index (χ1n) is 6.22. The van der Waals surface area contributed by atoms with Crippen LogP contribution in [0.15, 0.2) is 18.2 Å². The second kappa shape index (κ2) is 5.28. The minimum absolute atomic E-state index is 0.0719. The van der Waals surface area contributed by atoms with Gasteiger partial charge in [-0.1, -0.05) is 12.1 Å². The van der Waals surface area contributed by atoms with Crippen molar-refractivity contribution in [3.63, 3.8) is 0 Å². The van der Waals surface area contributed by atoms with Crippen molar-refractivity contribution in [3.8, 4) is 0 Å². The second-order valence-corrected chi connectivity index (χ2v) is 4.75. The summed E-state index contributed by atoms with van der Waals surface area (Å²) in [5, 5.41) is 13.9. The van der Waals surface area contributed by atoms with E-state index in [1.165, 1.54) is 13.1 Å². The van der Waals surface area contributed by atoms with Gasteiger partial charge in [-0.25, -0.2) is 0 Å². The molecular formula is C13H15N3O4. The van der Waals surface area contributed by atoms with Crippen LogP contribution in [0.1, 0.15) is 18.4 Å². The van der Waals surface area contributed by atoms with Crippen LogP contribution in [0.3, 0.4) is 0 Å². The largest absolute Gasteiger partial charge is 0.368 e. The summed E-state index contributed by atoms with van der Waals surface area (Å²) in [4.78, 5) is 35.0. The summed E-state index contributed by atoms with van der Waals surface area (Å²) in [7, 11) is 1.42. The number of nitro groups is 1. The number of likely N-dealkylation sites (N-methyl/N-ethyl adjacent to an activating group) is 1. The van der Waals surface area contributed by atoms with E-state index >= 15 is 0 Å². The first-order chi connectivity index (χ1) is 9.41. The zero-order chi connectivity index (χ0) is 14.9. The quantitative estimate of drug-likeness (QED) is 0.513. The average Bonchev–Trinajstić information content (AvgIpc) is 2.41. The molecule has 7 heteroatoms. The molecule has 2 rings (SSSR count). The standard InChI is InChI=1S/C13H15N3O4/c1-8-4-3-5-10(16(19)20)12(8)14-9-6-7-11(17)15(2)13(9)18/h3-5,9,14H,6-7H2,1-2H3. The van der Waals surface area contributed by atoms with Crippen LogP contribution >= 0.6 is 0 Å². The highest BCUT2D eigenvalue weighted by Gasteiger charge is 2.33. The van der Waals surface area contributed by atoms with Crippen LogP contribution in [-0.2, 0) is 9.59 Å². The third kappa shape index (κ3) is 2.47. The summed E-state index contributed by atoms with van der Waals surface area (Å²) in [5.74, 6) is -0.592. The normalized spacial score (nSPS) is 19.1. The third-order valence-corrected chi connectivity index (χ3v) is 3.42. The van der Waals surface area contributed by atoms with Gasteiger partial charge in [0.05, 0.1) is 4.92 Å². The molecule has 106 valence electrons. The molecule has 1 N–H and O–H groups in total. The van der Waals surface area contributed by atoms with Crippen LogP contribution in [0.5, 0.6) is 0 Å². The van der Waals surface area contributed by atoms with Crippen molar-refractivity contribution >= 4 is 23.2 Å². The topological polar surface area (TPSA) is 92.6 Å². The molecule has 0 radical (unpaired) electrons. The number of hydrogen-bond acceptors (Lipinski definition) is 5. The summed E-state index contributed by atoms with van der Waals surface area (Å²) in [6, 6.07) is 4.10. The molecule has 1 unspecified atom stereocenters. The Hall–Kier alpha value is -2.44. The lowest BCUT2D eigenvalue weighted by Gasteiger charge is -2.29. The van der Waals surface area contributed by atoms with Gasteiger partial charge in [0, 0.05) is 19.5 Å². The first-order valence-corrected chi connectivity index (χ1v) is 6.22. The molecular weight excluding hydrogens is 262 g/mol. The number of anilines is 1. The van der Waals surface area contributed by atoms with E-state index in [4.69, 9.17) is 0 Å². The molecule has 1 aromatic rings. The minimum Gasteiger partial charge on any atom is -0.368 e. The van der Waals surface area contributed by atoms with E-state index in [0.717, 1.165) is 4.90 Å². The van der Waals surface area contributed by atoms with Crippen LogP contribution in [0.2, 0.25) is 0 Å². The Morgan fingerprint density at radius 2 is 2.10 bits per heavy atom. The van der Waals surface area contributed by atoms with Crippen LogP contribution in [0, 0.1) is 17.0 Å². The molecule has 0 spiro atoms. The summed E-state index contributed by atoms with van der Waals surface area (Å²) in [5.41, 5.74) is 0.947. The Balaban J connectivity index is 2.29. The summed E-state index contributed by atoms with van der Waals surface area (Å²) < 4.78 is 0. The van der Waals surface area contributed by atoms with Crippen LogP contribution < -0.4 is 5.32 Å². The van der Waals surface area contributed by atoms with Gasteiger partial charge in [0.2, 0.25) is 5.91 Å². The van der Waals surface area contributed by atoms with E-state index in [2.05, 4.69) is 5.32 Å². The minimum atomic E-state index is -0.613. The van der Waals surface area contributed by atoms with Gasteiger partial charge < -0.3 is 5.32 Å². The maximum absolute atomic E-state index is 12.0. The van der Waals surface area contributed by atoms with Crippen LogP contribution in [0.4, 0.5) is 11.4 Å². The van der Waals surface area contributed by atoms with Gasteiger partial charge in [0.1, 0.15) is 11.7 Å². The second-order valence-electron chi connectivity index (χ2n) is 4.75. The Morgan fingerprint density at radius 3 is 2.75 bits per heavy atom. The number of piperidine rings is 1. The van der Waals surface area contributed by atoms with Crippen LogP contribution in [0.25, 0.3) is 0 Å². The molecule has 2 amide bonds. The van der Waals surface area contributed by atoms with Crippen molar-refractivity contribution in [2.24, 2.45) is 0 Å². The number of likely N-dealkylation sites (tertiary alicyclic amines) is 1. The molecule has 0 aliphatic carbocycles. The van der Waals surface area contributed by atoms with E-state index in [1.54, 1.807) is 19.1 Å². The summed E-state index contributed by atoms with van der Waals surface area (Å²) >= 11 is 0. The molecule has 0 aromatic heterocycles. The van der Waals surface area contributed by atoms with Crippen molar-refractivity contribution in [1.29, 1.82) is 0 Å². The summed E-state index contributed by atoms with van der Waals surface area (Å²) in [6.45, 7) is 1.73. The zero-order valence-electron chi connectivity index (χ0n) is 11.3. The first kappa shape index (κ1) is 14.0. The Labute approximate surface area is 115 Å². The van der Waals surface area contributed by atoms with Gasteiger partial charge in [0.15, 0.2) is 0 Å². The van der Waals surface area contributed by atoms with Gasteiger partial charge in [-0.2, -0.15) is 0 Å². The third-order valence-electron chi connectivity index (χ3n) is 3.42. The molecule has 0 saturated carbocycles. The number of nitro benzene ring substituents is 1. The number of nitrogens with one attached hydrogen (secondary N) is 1. The smallest absolute Gasteiger partial charge is 0.292 e. The van der Waals surface area contributed by atoms with Gasteiger partial charge >= 0.3 is 0 Å². The number of para-hydroxylation sites is 1. The zero-order valence-corrected chi connectivity index (χ0v) is 11.3. The van der Waals surface area contributed by atoms with Crippen molar-refractivity contribution < 1.29 is 14.5 Å². The van der Waals surface area contributed by atoms with E-state index in [-0.39, 0.29) is 23.9 Å². The van der Waals surface area contributed by atoms with Gasteiger partial charge in [-0.15, -0.1) is 0 Å². The Bertz CT molecular complexity index is 585. The number of aryl methyl sites for hydroxylation is 1. The SMILES string of the molecule is Cc1cccc([N+](=O)[O-])c1NC1CCC(=O)N(C)C1=O. The van der Waals surface area contributed by atoms with Gasteiger partial charge in [-0.05, 0) is 18.9 Å². The lowest BCUT2D eigenvalue weighted by Crippen LogP contribution is -2.48. The fourth-order valence-electron chi connectivity index (χ4n) is 2.22. The summed E-state index contributed by atoms with van der Waals surface area (Å²) in [6.07, 6.45) is 0.590. The number of amides is 2. The molecule has 1 atom stereocenters. The Morgan fingerprint density at radius 1 is 1.40 bits per heavy atom. The van der Waals surface area contributed by atoms with E-state index < -0.39 is 11.0 Å². The van der Waals surface area contributed by atoms with E-state index in [1.807, 2.05) is 0 Å². The monoisotopic (exact) mass is 277 g/mol. The number of rotatable bonds is 3. The highest BCUT2D eigenvalue weighted by molar-refractivity contribution is 6.01. The van der Waals surface area contributed by atoms with Crippen molar-refractivity contribution in [2.45, 2.75) is 25.8 Å². The molecule has 1 heterocycles. The molecule has 1 fully saturated rings. The number of carbonyl (C=O) groups is 2. The maximum Gasteiger partial charge on any atom is 0.292 e. The molecule has 20 heavy (non-hydrogen) atoms. The van der Waals surface area contributed by atoms with E-state index in [9.17, 15) is 19.7 Å². The predicted molar refractivity (Wildman–Crippen MR) is 72.3 cm³/mol. The fraction of sp³-hybridized carbons (Fsp3) is 0.385. The van der Waals surface area contributed by atoms with Crippen molar-refractivity contribution in [1.82, 2.24) is 4.90 Å². The fourth-order valence-corrected chi connectivity index (χ4v) is 2.22. The molecule has 1 aliphatic heterocycles. The average molecular weight is 277 g/mol. The lowest BCUT2D eigenvalue weighted by molar-refractivity contribution is -0.384. The molecule has 1 saturated heterocycles. The Kier molecular flexibility index (Phi) is 3.69. The number of imide groups is 1. The molecule has 0 bridgehead atoms. The van der Waals surface area contributed by atoms with Crippen LogP contribution in [-0.4, -0.2) is 34.7 Å². The number of benzene rings is 1. The maximum atomic E-state index is 12.0.